The fourth-order valence-electron chi connectivity index (χ4n) is 3.03. The maximum atomic E-state index is 9.17. The summed E-state index contributed by atoms with van der Waals surface area (Å²) in [4.78, 5) is 0. The van der Waals surface area contributed by atoms with Gasteiger partial charge in [-0.3, -0.25) is 0 Å². The van der Waals surface area contributed by atoms with Gasteiger partial charge in [-0.25, -0.2) is 0 Å². The van der Waals surface area contributed by atoms with Crippen LogP contribution in [0.3, 0.4) is 0 Å². The number of hydrogen-bond donors (Lipinski definition) is 2. The van der Waals surface area contributed by atoms with Crippen molar-refractivity contribution >= 4 is 6.08 Å². The van der Waals surface area contributed by atoms with Crippen molar-refractivity contribution in [2.45, 2.75) is 64.3 Å². The van der Waals surface area contributed by atoms with E-state index in [1.807, 2.05) is 0 Å². The second-order valence-electron chi connectivity index (χ2n) is 6.24. The monoisotopic (exact) mass is 287 g/mol. The van der Waals surface area contributed by atoms with Gasteiger partial charge < -0.3 is 10.8 Å². The molecule has 0 saturated heterocycles. The second-order valence-corrected chi connectivity index (χ2v) is 6.24. The minimum atomic E-state index is -0.209. The summed E-state index contributed by atoms with van der Waals surface area (Å²) in [7, 11) is 0. The molecule has 1 aromatic rings. The SMILES string of the molecule is CCCCCCCCc1ccc2c(c1)C=C([C@@H](N)CO)C2. The van der Waals surface area contributed by atoms with E-state index in [-0.39, 0.29) is 12.6 Å². The molecule has 0 radical (unpaired) electrons. The molecule has 0 heterocycles. The largest absolute Gasteiger partial charge is 0.394 e. The van der Waals surface area contributed by atoms with Gasteiger partial charge in [0.2, 0.25) is 0 Å². The topological polar surface area (TPSA) is 46.2 Å². The third kappa shape index (κ3) is 4.69. The number of benzene rings is 1. The lowest BCUT2D eigenvalue weighted by Crippen LogP contribution is -2.26. The van der Waals surface area contributed by atoms with Gasteiger partial charge in [0, 0.05) is 6.04 Å². The highest BCUT2D eigenvalue weighted by atomic mass is 16.3. The number of hydrogen-bond acceptors (Lipinski definition) is 2. The van der Waals surface area contributed by atoms with Crippen molar-refractivity contribution in [3.8, 4) is 0 Å². The minimum absolute atomic E-state index is 0.0322. The Morgan fingerprint density at radius 1 is 1.14 bits per heavy atom. The Morgan fingerprint density at radius 3 is 2.67 bits per heavy atom. The predicted octanol–water partition coefficient (Wildman–Crippen LogP) is 3.85. The van der Waals surface area contributed by atoms with Crippen LogP contribution in [-0.2, 0) is 12.8 Å². The van der Waals surface area contributed by atoms with Gasteiger partial charge in [-0.2, -0.15) is 0 Å². The van der Waals surface area contributed by atoms with Crippen molar-refractivity contribution < 1.29 is 5.11 Å². The third-order valence-electron chi connectivity index (χ3n) is 4.44. The van der Waals surface area contributed by atoms with Crippen molar-refractivity contribution in [3.63, 3.8) is 0 Å². The summed E-state index contributed by atoms with van der Waals surface area (Å²) in [6.45, 7) is 2.29. The summed E-state index contributed by atoms with van der Waals surface area (Å²) >= 11 is 0. The first-order valence-corrected chi connectivity index (χ1v) is 8.43. The minimum Gasteiger partial charge on any atom is -0.394 e. The number of fused-ring (bicyclic) bond motifs is 1. The Labute approximate surface area is 129 Å². The number of aryl methyl sites for hydroxylation is 1. The number of unbranched alkanes of at least 4 members (excludes halogenated alkanes) is 5. The van der Waals surface area contributed by atoms with E-state index in [1.54, 1.807) is 0 Å². The van der Waals surface area contributed by atoms with Crippen LogP contribution in [-0.4, -0.2) is 17.8 Å². The molecule has 0 amide bonds. The lowest BCUT2D eigenvalue weighted by atomic mass is 10.0. The highest BCUT2D eigenvalue weighted by Crippen LogP contribution is 2.27. The summed E-state index contributed by atoms with van der Waals surface area (Å²) in [5.41, 5.74) is 11.2. The van der Waals surface area contributed by atoms with Gasteiger partial charge in [-0.1, -0.05) is 63.3 Å². The van der Waals surface area contributed by atoms with Crippen LogP contribution in [0.1, 0.15) is 62.1 Å². The molecule has 2 nitrogen and oxygen atoms in total. The summed E-state index contributed by atoms with van der Waals surface area (Å²) in [6, 6.07) is 6.58. The predicted molar refractivity (Wildman–Crippen MR) is 90.3 cm³/mol. The molecule has 0 saturated carbocycles. The zero-order valence-electron chi connectivity index (χ0n) is 13.3. The Balaban J connectivity index is 1.83. The van der Waals surface area contributed by atoms with E-state index in [0.29, 0.717) is 0 Å². The van der Waals surface area contributed by atoms with Gasteiger partial charge in [-0.05, 0) is 41.5 Å². The second kappa shape index (κ2) is 8.35. The van der Waals surface area contributed by atoms with Crippen LogP contribution >= 0.6 is 0 Å². The van der Waals surface area contributed by atoms with Crippen LogP contribution in [0.4, 0.5) is 0 Å². The molecule has 0 fully saturated rings. The van der Waals surface area contributed by atoms with Gasteiger partial charge in [0.1, 0.15) is 0 Å². The Hall–Kier alpha value is -1.12. The maximum absolute atomic E-state index is 9.17. The number of aliphatic hydroxyl groups is 1. The first-order valence-electron chi connectivity index (χ1n) is 8.43. The van der Waals surface area contributed by atoms with Crippen molar-refractivity contribution in [1.82, 2.24) is 0 Å². The Bertz CT molecular complexity index is 478. The van der Waals surface area contributed by atoms with Crippen molar-refractivity contribution in [2.24, 2.45) is 5.73 Å². The molecule has 1 aromatic carbocycles. The zero-order valence-corrected chi connectivity index (χ0v) is 13.3. The average Bonchev–Trinajstić information content (AvgIpc) is 2.93. The summed E-state index contributed by atoms with van der Waals surface area (Å²) < 4.78 is 0. The molecule has 0 aromatic heterocycles. The molecule has 0 bridgehead atoms. The van der Waals surface area contributed by atoms with Gasteiger partial charge in [-0.15, -0.1) is 0 Å². The van der Waals surface area contributed by atoms with Crippen LogP contribution in [0.25, 0.3) is 6.08 Å². The Kier molecular flexibility index (Phi) is 6.47. The fourth-order valence-corrected chi connectivity index (χ4v) is 3.03. The van der Waals surface area contributed by atoms with Crippen molar-refractivity contribution in [1.29, 1.82) is 0 Å². The molecule has 3 N–H and O–H groups in total. The molecule has 0 spiro atoms. The smallest absolute Gasteiger partial charge is 0.0621 e. The summed E-state index contributed by atoms with van der Waals surface area (Å²) in [5, 5.41) is 9.17. The molecule has 2 heteroatoms. The normalized spacial score (nSPS) is 14.9. The molecule has 116 valence electrons. The highest BCUT2D eigenvalue weighted by Gasteiger charge is 2.17. The molecule has 0 unspecified atom stereocenters. The first-order chi connectivity index (χ1) is 10.2. The third-order valence-corrected chi connectivity index (χ3v) is 4.44. The van der Waals surface area contributed by atoms with E-state index in [2.05, 4.69) is 31.2 Å². The van der Waals surface area contributed by atoms with E-state index in [9.17, 15) is 0 Å². The van der Waals surface area contributed by atoms with Crippen LogP contribution in [0.5, 0.6) is 0 Å². The van der Waals surface area contributed by atoms with Gasteiger partial charge >= 0.3 is 0 Å². The Morgan fingerprint density at radius 2 is 1.90 bits per heavy atom. The summed E-state index contributed by atoms with van der Waals surface area (Å²) in [6.07, 6.45) is 12.3. The van der Waals surface area contributed by atoms with E-state index >= 15 is 0 Å². The lowest BCUT2D eigenvalue weighted by molar-refractivity contribution is 0.279. The van der Waals surface area contributed by atoms with Gasteiger partial charge in [0.05, 0.1) is 6.61 Å². The van der Waals surface area contributed by atoms with Crippen molar-refractivity contribution in [3.05, 3.63) is 40.5 Å². The lowest BCUT2D eigenvalue weighted by Gasteiger charge is -2.08. The molecular weight excluding hydrogens is 258 g/mol. The van der Waals surface area contributed by atoms with Crippen LogP contribution < -0.4 is 5.73 Å². The molecule has 21 heavy (non-hydrogen) atoms. The standard InChI is InChI=1S/C19H29NO/c1-2-3-4-5-6-7-8-15-9-10-16-12-18(19(20)14-21)13-17(16)11-15/h9-11,13,19,21H,2-8,12,14,20H2,1H3/t19-/m0/s1. The molecule has 1 atom stereocenters. The molecule has 1 aliphatic rings. The van der Waals surface area contributed by atoms with Gasteiger partial charge in [0.25, 0.3) is 0 Å². The molecule has 1 aliphatic carbocycles. The van der Waals surface area contributed by atoms with Crippen LogP contribution in [0, 0.1) is 0 Å². The average molecular weight is 287 g/mol. The van der Waals surface area contributed by atoms with E-state index < -0.39 is 0 Å². The molecular formula is C19H29NO. The van der Waals surface area contributed by atoms with Crippen LogP contribution in [0.15, 0.2) is 23.8 Å². The van der Waals surface area contributed by atoms with E-state index in [4.69, 9.17) is 10.8 Å². The van der Waals surface area contributed by atoms with Crippen LogP contribution in [0.2, 0.25) is 0 Å². The summed E-state index contributed by atoms with van der Waals surface area (Å²) in [5.74, 6) is 0. The van der Waals surface area contributed by atoms with E-state index in [1.165, 1.54) is 61.6 Å². The maximum Gasteiger partial charge on any atom is 0.0621 e. The highest BCUT2D eigenvalue weighted by molar-refractivity contribution is 5.65. The number of nitrogens with two attached hydrogens (primary N) is 1. The van der Waals surface area contributed by atoms with Crippen molar-refractivity contribution in [2.75, 3.05) is 6.61 Å². The van der Waals surface area contributed by atoms with Gasteiger partial charge in [0.15, 0.2) is 0 Å². The fraction of sp³-hybridized carbons (Fsp3) is 0.579. The number of aliphatic hydroxyl groups excluding tert-OH is 1. The molecule has 0 aliphatic heterocycles. The quantitative estimate of drug-likeness (QED) is 0.678. The first kappa shape index (κ1) is 16.3. The zero-order chi connectivity index (χ0) is 15.1. The molecule has 2 rings (SSSR count). The number of rotatable bonds is 9. The van der Waals surface area contributed by atoms with E-state index in [0.717, 1.165) is 12.0 Å².